The molecule has 126 valence electrons. The van der Waals surface area contributed by atoms with Crippen LogP contribution in [0.4, 0.5) is 0 Å². The highest BCUT2D eigenvalue weighted by atomic mass is 16.5. The maximum absolute atomic E-state index is 12.4. The van der Waals surface area contributed by atoms with E-state index >= 15 is 0 Å². The third kappa shape index (κ3) is 2.83. The normalized spacial score (nSPS) is 22.3. The van der Waals surface area contributed by atoms with Crippen molar-refractivity contribution in [3.05, 3.63) is 35.7 Å². The maximum atomic E-state index is 12.4. The van der Waals surface area contributed by atoms with Crippen molar-refractivity contribution >= 4 is 5.91 Å². The Hall–Kier alpha value is -2.17. The molecule has 0 N–H and O–H groups in total. The van der Waals surface area contributed by atoms with E-state index in [-0.39, 0.29) is 11.8 Å². The van der Waals surface area contributed by atoms with E-state index in [1.54, 1.807) is 0 Å². The summed E-state index contributed by atoms with van der Waals surface area (Å²) < 4.78 is 5.47. The zero-order valence-electron chi connectivity index (χ0n) is 14.1. The lowest BCUT2D eigenvalue weighted by molar-refractivity contribution is -0.130. The Bertz CT molecular complexity index is 734. The van der Waals surface area contributed by atoms with Gasteiger partial charge in [0.2, 0.25) is 5.91 Å². The molecule has 1 aromatic carbocycles. The molecule has 1 amide bonds. The number of nitrogens with zero attached hydrogens (tertiary/aromatic N) is 3. The van der Waals surface area contributed by atoms with E-state index in [4.69, 9.17) is 4.52 Å². The smallest absolute Gasteiger partial charge is 0.258 e. The molecule has 1 aliphatic heterocycles. The Kier molecular flexibility index (Phi) is 4.08. The van der Waals surface area contributed by atoms with Crippen molar-refractivity contribution in [3.63, 3.8) is 0 Å². The molecule has 2 aliphatic rings. The molecule has 24 heavy (non-hydrogen) atoms. The largest absolute Gasteiger partial charge is 0.339 e. The van der Waals surface area contributed by atoms with Crippen LogP contribution in [0, 0.1) is 6.92 Å². The first kappa shape index (κ1) is 15.4. The Morgan fingerprint density at radius 3 is 2.75 bits per heavy atom. The number of likely N-dealkylation sites (tertiary alicyclic amines) is 1. The molecule has 5 heteroatoms. The Morgan fingerprint density at radius 1 is 1.17 bits per heavy atom. The summed E-state index contributed by atoms with van der Waals surface area (Å²) in [6, 6.07) is 8.40. The number of aryl methyl sites for hydroxylation is 1. The number of benzene rings is 1. The lowest BCUT2D eigenvalue weighted by atomic mass is 9.94. The van der Waals surface area contributed by atoms with Crippen molar-refractivity contribution in [2.45, 2.75) is 57.4 Å². The van der Waals surface area contributed by atoms with Crippen molar-refractivity contribution < 1.29 is 9.32 Å². The highest BCUT2D eigenvalue weighted by Crippen LogP contribution is 2.33. The summed E-state index contributed by atoms with van der Waals surface area (Å²) in [5.41, 5.74) is 2.07. The first-order valence-corrected chi connectivity index (χ1v) is 8.91. The number of carbonyl (C=O) groups is 1. The van der Waals surface area contributed by atoms with Gasteiger partial charge in [-0.05, 0) is 31.4 Å². The van der Waals surface area contributed by atoms with Crippen LogP contribution in [-0.2, 0) is 4.79 Å². The van der Waals surface area contributed by atoms with Gasteiger partial charge in [-0.2, -0.15) is 4.98 Å². The minimum absolute atomic E-state index is 0.0564. The predicted molar refractivity (Wildman–Crippen MR) is 90.4 cm³/mol. The first-order valence-electron chi connectivity index (χ1n) is 8.91. The number of hydrogen-bond donors (Lipinski definition) is 0. The lowest BCUT2D eigenvalue weighted by Crippen LogP contribution is -2.37. The molecule has 0 bridgehead atoms. The second kappa shape index (κ2) is 6.38. The predicted octanol–water partition coefficient (Wildman–Crippen LogP) is 3.69. The first-order chi connectivity index (χ1) is 11.7. The maximum Gasteiger partial charge on any atom is 0.258 e. The van der Waals surface area contributed by atoms with Gasteiger partial charge in [0, 0.05) is 30.5 Å². The van der Waals surface area contributed by atoms with Gasteiger partial charge in [-0.3, -0.25) is 4.79 Å². The molecule has 1 aliphatic carbocycles. The van der Waals surface area contributed by atoms with Gasteiger partial charge < -0.3 is 9.42 Å². The van der Waals surface area contributed by atoms with Crippen molar-refractivity contribution in [2.75, 3.05) is 6.54 Å². The SMILES string of the molecule is Cc1ccccc1-c1nc(C2CC(=O)N(C3CCCCC3)C2)no1. The van der Waals surface area contributed by atoms with Crippen LogP contribution in [-0.4, -0.2) is 33.5 Å². The number of aromatic nitrogens is 2. The molecule has 2 aromatic rings. The fourth-order valence-corrected chi connectivity index (χ4v) is 3.97. The number of rotatable bonds is 3. The fraction of sp³-hybridized carbons (Fsp3) is 0.526. The highest BCUT2D eigenvalue weighted by Gasteiger charge is 2.37. The van der Waals surface area contributed by atoms with Crippen LogP contribution in [0.5, 0.6) is 0 Å². The molecule has 2 fully saturated rings. The molecule has 1 saturated carbocycles. The Labute approximate surface area is 142 Å². The Morgan fingerprint density at radius 2 is 1.96 bits per heavy atom. The van der Waals surface area contributed by atoms with Gasteiger partial charge in [0.1, 0.15) is 0 Å². The molecule has 1 unspecified atom stereocenters. The van der Waals surface area contributed by atoms with Gasteiger partial charge in [-0.1, -0.05) is 42.6 Å². The van der Waals surface area contributed by atoms with Gasteiger partial charge in [0.15, 0.2) is 5.82 Å². The topological polar surface area (TPSA) is 59.2 Å². The van der Waals surface area contributed by atoms with Crippen LogP contribution >= 0.6 is 0 Å². The summed E-state index contributed by atoms with van der Waals surface area (Å²) in [7, 11) is 0. The molecule has 0 radical (unpaired) electrons. The second-order valence-electron chi connectivity index (χ2n) is 7.01. The van der Waals surface area contributed by atoms with Gasteiger partial charge in [0.05, 0.1) is 0 Å². The van der Waals surface area contributed by atoms with Crippen LogP contribution in [0.3, 0.4) is 0 Å². The van der Waals surface area contributed by atoms with E-state index in [1.165, 1.54) is 19.3 Å². The van der Waals surface area contributed by atoms with Crippen LogP contribution in [0.15, 0.2) is 28.8 Å². The lowest BCUT2D eigenvalue weighted by Gasteiger charge is -2.31. The summed E-state index contributed by atoms with van der Waals surface area (Å²) in [4.78, 5) is 19.1. The van der Waals surface area contributed by atoms with Crippen molar-refractivity contribution in [1.29, 1.82) is 0 Å². The summed E-state index contributed by atoms with van der Waals surface area (Å²) >= 11 is 0. The summed E-state index contributed by atoms with van der Waals surface area (Å²) in [6.07, 6.45) is 6.55. The van der Waals surface area contributed by atoms with Gasteiger partial charge in [-0.15, -0.1) is 0 Å². The summed E-state index contributed by atoms with van der Waals surface area (Å²) in [6.45, 7) is 2.76. The number of carbonyl (C=O) groups excluding carboxylic acids is 1. The standard InChI is InChI=1S/C19H23N3O2/c1-13-7-5-6-10-16(13)19-20-18(21-24-19)14-11-17(23)22(12-14)15-8-3-2-4-9-15/h5-7,10,14-15H,2-4,8-9,11-12H2,1H3. The number of hydrogen-bond acceptors (Lipinski definition) is 4. The average molecular weight is 325 g/mol. The van der Waals surface area contributed by atoms with E-state index in [1.807, 2.05) is 31.2 Å². The third-order valence-corrected chi connectivity index (χ3v) is 5.36. The van der Waals surface area contributed by atoms with E-state index < -0.39 is 0 Å². The van der Waals surface area contributed by atoms with Crippen molar-refractivity contribution in [1.82, 2.24) is 15.0 Å². The van der Waals surface area contributed by atoms with Crippen LogP contribution in [0.25, 0.3) is 11.5 Å². The van der Waals surface area contributed by atoms with E-state index in [9.17, 15) is 4.79 Å². The molecular formula is C19H23N3O2. The van der Waals surface area contributed by atoms with Crippen LogP contribution in [0.2, 0.25) is 0 Å². The molecule has 1 aromatic heterocycles. The van der Waals surface area contributed by atoms with E-state index in [0.717, 1.165) is 30.5 Å². The Balaban J connectivity index is 1.51. The molecule has 1 saturated heterocycles. The van der Waals surface area contributed by atoms with Crippen molar-refractivity contribution in [3.8, 4) is 11.5 Å². The highest BCUT2D eigenvalue weighted by molar-refractivity contribution is 5.80. The molecule has 2 heterocycles. The monoisotopic (exact) mass is 325 g/mol. The molecule has 5 nitrogen and oxygen atoms in total. The van der Waals surface area contributed by atoms with Gasteiger partial charge in [-0.25, -0.2) is 0 Å². The fourth-order valence-electron chi connectivity index (χ4n) is 3.97. The quantitative estimate of drug-likeness (QED) is 0.863. The molecule has 1 atom stereocenters. The van der Waals surface area contributed by atoms with Crippen LogP contribution in [0.1, 0.15) is 55.8 Å². The molecule has 4 rings (SSSR count). The zero-order chi connectivity index (χ0) is 16.5. The summed E-state index contributed by atoms with van der Waals surface area (Å²) in [5, 5.41) is 4.16. The minimum atomic E-state index is 0.0564. The minimum Gasteiger partial charge on any atom is -0.339 e. The zero-order valence-corrected chi connectivity index (χ0v) is 14.1. The summed E-state index contributed by atoms with van der Waals surface area (Å²) in [5.74, 6) is 1.52. The van der Waals surface area contributed by atoms with E-state index in [0.29, 0.717) is 24.2 Å². The molecule has 0 spiro atoms. The van der Waals surface area contributed by atoms with Crippen molar-refractivity contribution in [2.24, 2.45) is 0 Å². The molecular weight excluding hydrogens is 302 g/mol. The average Bonchev–Trinajstić information content (AvgIpc) is 3.23. The third-order valence-electron chi connectivity index (χ3n) is 5.36. The van der Waals surface area contributed by atoms with Gasteiger partial charge in [0.25, 0.3) is 5.89 Å². The van der Waals surface area contributed by atoms with Gasteiger partial charge >= 0.3 is 0 Å². The van der Waals surface area contributed by atoms with Crippen LogP contribution < -0.4 is 0 Å². The number of amides is 1. The second-order valence-corrected chi connectivity index (χ2v) is 7.01. The van der Waals surface area contributed by atoms with E-state index in [2.05, 4.69) is 15.0 Å².